The predicted octanol–water partition coefficient (Wildman–Crippen LogP) is 1.27. The molecule has 0 atom stereocenters. The van der Waals surface area contributed by atoms with Crippen LogP contribution in [0.3, 0.4) is 0 Å². The van der Waals surface area contributed by atoms with E-state index >= 15 is 0 Å². The highest BCUT2D eigenvalue weighted by Gasteiger charge is 2.06. The maximum Gasteiger partial charge on any atom is 0.0596 e. The molecule has 3 heteroatoms. The molecule has 1 aromatic heterocycles. The first-order chi connectivity index (χ1) is 5.65. The van der Waals surface area contributed by atoms with Crippen LogP contribution in [0.25, 0.3) is 0 Å². The first-order valence-electron chi connectivity index (χ1n) is 4.40. The Bertz CT molecular complexity index is 250. The fourth-order valence-electron chi connectivity index (χ4n) is 1.35. The van der Waals surface area contributed by atoms with Gasteiger partial charge in [-0.3, -0.25) is 4.68 Å². The Morgan fingerprint density at radius 3 is 2.75 bits per heavy atom. The fraction of sp³-hybridized carbons (Fsp3) is 0.667. The average Bonchev–Trinajstić information content (AvgIpc) is 2.32. The standard InChI is InChI=1S/C9H17N3/c1-7(2)12-9(4-5-10)6-8(3)11-12/h6-7H,4-5,10H2,1-3H3. The van der Waals surface area contributed by atoms with Gasteiger partial charge in [-0.05, 0) is 33.4 Å². The largest absolute Gasteiger partial charge is 0.330 e. The number of hydrogen-bond donors (Lipinski definition) is 1. The highest BCUT2D eigenvalue weighted by Crippen LogP contribution is 2.10. The molecule has 0 fully saturated rings. The zero-order chi connectivity index (χ0) is 9.14. The van der Waals surface area contributed by atoms with E-state index in [0.717, 1.165) is 12.1 Å². The Morgan fingerprint density at radius 1 is 1.58 bits per heavy atom. The molecule has 0 aliphatic rings. The van der Waals surface area contributed by atoms with Crippen molar-refractivity contribution in [3.05, 3.63) is 17.5 Å². The molecule has 0 spiro atoms. The molecule has 68 valence electrons. The van der Waals surface area contributed by atoms with Crippen molar-refractivity contribution in [1.82, 2.24) is 9.78 Å². The maximum atomic E-state index is 5.50. The molecule has 2 N–H and O–H groups in total. The van der Waals surface area contributed by atoms with Crippen LogP contribution in [0.2, 0.25) is 0 Å². The number of nitrogens with zero attached hydrogens (tertiary/aromatic N) is 2. The van der Waals surface area contributed by atoms with Crippen LogP contribution in [0.5, 0.6) is 0 Å². The summed E-state index contributed by atoms with van der Waals surface area (Å²) in [5.74, 6) is 0. The van der Waals surface area contributed by atoms with Crippen molar-refractivity contribution in [2.75, 3.05) is 6.54 Å². The summed E-state index contributed by atoms with van der Waals surface area (Å²) >= 11 is 0. The highest BCUT2D eigenvalue weighted by molar-refractivity contribution is 5.09. The van der Waals surface area contributed by atoms with E-state index in [1.165, 1.54) is 5.69 Å². The number of nitrogens with two attached hydrogens (primary N) is 1. The monoisotopic (exact) mass is 167 g/mol. The van der Waals surface area contributed by atoms with Crippen LogP contribution < -0.4 is 5.73 Å². The molecule has 0 aliphatic carbocycles. The van der Waals surface area contributed by atoms with Crippen LogP contribution in [0, 0.1) is 6.92 Å². The minimum atomic E-state index is 0.431. The van der Waals surface area contributed by atoms with Gasteiger partial charge in [0, 0.05) is 18.2 Å². The molecule has 0 bridgehead atoms. The second kappa shape index (κ2) is 3.72. The van der Waals surface area contributed by atoms with Crippen LogP contribution in [-0.4, -0.2) is 16.3 Å². The number of aryl methyl sites for hydroxylation is 1. The van der Waals surface area contributed by atoms with E-state index in [1.54, 1.807) is 0 Å². The van der Waals surface area contributed by atoms with Gasteiger partial charge in [-0.1, -0.05) is 0 Å². The lowest BCUT2D eigenvalue weighted by molar-refractivity contribution is 0.506. The fourth-order valence-corrected chi connectivity index (χ4v) is 1.35. The van der Waals surface area contributed by atoms with Crippen LogP contribution in [0.4, 0.5) is 0 Å². The Morgan fingerprint density at radius 2 is 2.25 bits per heavy atom. The van der Waals surface area contributed by atoms with Gasteiger partial charge >= 0.3 is 0 Å². The van der Waals surface area contributed by atoms with E-state index in [4.69, 9.17) is 5.73 Å². The molecule has 12 heavy (non-hydrogen) atoms. The second-order valence-electron chi connectivity index (χ2n) is 3.35. The molecule has 0 radical (unpaired) electrons. The van der Waals surface area contributed by atoms with E-state index in [1.807, 2.05) is 11.6 Å². The SMILES string of the molecule is Cc1cc(CCN)n(C(C)C)n1. The van der Waals surface area contributed by atoms with Gasteiger partial charge in [-0.25, -0.2) is 0 Å². The minimum absolute atomic E-state index is 0.431. The van der Waals surface area contributed by atoms with Crippen LogP contribution in [-0.2, 0) is 6.42 Å². The van der Waals surface area contributed by atoms with Gasteiger partial charge < -0.3 is 5.73 Å². The van der Waals surface area contributed by atoms with E-state index in [9.17, 15) is 0 Å². The average molecular weight is 167 g/mol. The maximum absolute atomic E-state index is 5.50. The molecule has 3 nitrogen and oxygen atoms in total. The minimum Gasteiger partial charge on any atom is -0.330 e. The van der Waals surface area contributed by atoms with Gasteiger partial charge in [0.05, 0.1) is 5.69 Å². The predicted molar refractivity (Wildman–Crippen MR) is 50.1 cm³/mol. The van der Waals surface area contributed by atoms with E-state index in [2.05, 4.69) is 25.0 Å². The molecule has 0 amide bonds. The van der Waals surface area contributed by atoms with E-state index in [-0.39, 0.29) is 0 Å². The summed E-state index contributed by atoms with van der Waals surface area (Å²) in [5, 5.41) is 4.39. The lowest BCUT2D eigenvalue weighted by Crippen LogP contribution is -2.11. The van der Waals surface area contributed by atoms with Gasteiger partial charge in [0.2, 0.25) is 0 Å². The van der Waals surface area contributed by atoms with Crippen LogP contribution in [0.1, 0.15) is 31.3 Å². The summed E-state index contributed by atoms with van der Waals surface area (Å²) in [6.45, 7) is 6.97. The lowest BCUT2D eigenvalue weighted by atomic mass is 10.2. The van der Waals surface area contributed by atoms with Gasteiger partial charge in [0.25, 0.3) is 0 Å². The van der Waals surface area contributed by atoms with Crippen molar-refractivity contribution in [2.24, 2.45) is 5.73 Å². The molecule has 1 heterocycles. The van der Waals surface area contributed by atoms with E-state index < -0.39 is 0 Å². The first kappa shape index (κ1) is 9.26. The van der Waals surface area contributed by atoms with Crippen LogP contribution >= 0.6 is 0 Å². The van der Waals surface area contributed by atoms with Crippen molar-refractivity contribution >= 4 is 0 Å². The van der Waals surface area contributed by atoms with Crippen molar-refractivity contribution in [3.63, 3.8) is 0 Å². The Labute approximate surface area is 73.6 Å². The van der Waals surface area contributed by atoms with Crippen LogP contribution in [0.15, 0.2) is 6.07 Å². The third-order valence-corrected chi connectivity index (χ3v) is 1.82. The lowest BCUT2D eigenvalue weighted by Gasteiger charge is -2.09. The summed E-state index contributed by atoms with van der Waals surface area (Å²) < 4.78 is 2.04. The number of hydrogen-bond acceptors (Lipinski definition) is 2. The quantitative estimate of drug-likeness (QED) is 0.736. The Balaban J connectivity index is 2.92. The van der Waals surface area contributed by atoms with Gasteiger partial charge in [0.1, 0.15) is 0 Å². The van der Waals surface area contributed by atoms with Crippen molar-refractivity contribution in [2.45, 2.75) is 33.2 Å². The molecule has 0 aromatic carbocycles. The first-order valence-corrected chi connectivity index (χ1v) is 4.40. The summed E-state index contributed by atoms with van der Waals surface area (Å²) in [4.78, 5) is 0. The van der Waals surface area contributed by atoms with E-state index in [0.29, 0.717) is 12.6 Å². The number of rotatable bonds is 3. The topological polar surface area (TPSA) is 43.8 Å². The third-order valence-electron chi connectivity index (χ3n) is 1.82. The molecule has 0 saturated heterocycles. The summed E-state index contributed by atoms with van der Waals surface area (Å²) in [6, 6.07) is 2.53. The highest BCUT2D eigenvalue weighted by atomic mass is 15.3. The van der Waals surface area contributed by atoms with Gasteiger partial charge in [-0.2, -0.15) is 5.10 Å². The van der Waals surface area contributed by atoms with Gasteiger partial charge in [0.15, 0.2) is 0 Å². The molecule has 0 saturated carbocycles. The molecular formula is C9H17N3. The summed E-state index contributed by atoms with van der Waals surface area (Å²) in [7, 11) is 0. The van der Waals surface area contributed by atoms with Gasteiger partial charge in [-0.15, -0.1) is 0 Å². The van der Waals surface area contributed by atoms with Crippen molar-refractivity contribution < 1.29 is 0 Å². The Hall–Kier alpha value is -0.830. The Kier molecular flexibility index (Phi) is 2.87. The molecule has 1 rings (SSSR count). The normalized spacial score (nSPS) is 11.1. The summed E-state index contributed by atoms with van der Waals surface area (Å²) in [5.41, 5.74) is 7.81. The van der Waals surface area contributed by atoms with Crippen molar-refractivity contribution in [1.29, 1.82) is 0 Å². The van der Waals surface area contributed by atoms with Crippen molar-refractivity contribution in [3.8, 4) is 0 Å². The zero-order valence-electron chi connectivity index (χ0n) is 8.04. The second-order valence-corrected chi connectivity index (χ2v) is 3.35. The molecular weight excluding hydrogens is 150 g/mol. The molecule has 0 aliphatic heterocycles. The molecule has 1 aromatic rings. The smallest absolute Gasteiger partial charge is 0.0596 e. The zero-order valence-corrected chi connectivity index (χ0v) is 8.04. The molecule has 0 unspecified atom stereocenters. The number of aromatic nitrogens is 2. The third kappa shape index (κ3) is 1.85. The summed E-state index contributed by atoms with van der Waals surface area (Å²) in [6.07, 6.45) is 0.916.